The molecule has 4 unspecified atom stereocenters. The highest BCUT2D eigenvalue weighted by Crippen LogP contribution is 2.30. The molecule has 10 heteroatoms. The van der Waals surface area contributed by atoms with Gasteiger partial charge in [-0.1, -0.05) is 12.2 Å². The van der Waals surface area contributed by atoms with Crippen molar-refractivity contribution in [3.05, 3.63) is 11.3 Å². The second kappa shape index (κ2) is 8.87. The van der Waals surface area contributed by atoms with E-state index < -0.39 is 24.2 Å². The number of hydrogen-bond donors (Lipinski definition) is 6. The molecule has 1 aromatic heterocycles. The predicted octanol–water partition coefficient (Wildman–Crippen LogP) is -1.09. The Morgan fingerprint density at radius 2 is 2.00 bits per heavy atom. The van der Waals surface area contributed by atoms with Crippen molar-refractivity contribution in [2.75, 3.05) is 44.4 Å². The molecule has 2 rings (SSSR count). The molecule has 0 amide bonds. The van der Waals surface area contributed by atoms with Crippen molar-refractivity contribution >= 4 is 29.0 Å². The molecule has 1 fully saturated rings. The minimum atomic E-state index is -1.02. The van der Waals surface area contributed by atoms with Gasteiger partial charge in [0.15, 0.2) is 0 Å². The molecule has 0 spiro atoms. The molecule has 7 N–H and O–H groups in total. The van der Waals surface area contributed by atoms with Crippen molar-refractivity contribution in [3.8, 4) is 0 Å². The molecule has 9 nitrogen and oxygen atoms in total. The van der Waals surface area contributed by atoms with E-state index in [1.54, 1.807) is 6.92 Å². The lowest BCUT2D eigenvalue weighted by Gasteiger charge is -2.21. The highest BCUT2D eigenvalue weighted by Gasteiger charge is 2.41. The van der Waals surface area contributed by atoms with E-state index in [1.807, 2.05) is 19.0 Å². The van der Waals surface area contributed by atoms with Crippen LogP contribution in [0.2, 0.25) is 0 Å². The molecule has 1 aromatic rings. The first-order valence-corrected chi connectivity index (χ1v) is 8.96. The van der Waals surface area contributed by atoms with Crippen LogP contribution in [0.4, 0.5) is 11.8 Å². The number of rotatable bonds is 8. The summed E-state index contributed by atoms with van der Waals surface area (Å²) >= 11 is 5.12. The van der Waals surface area contributed by atoms with E-state index in [-0.39, 0.29) is 11.6 Å². The Morgan fingerprint density at radius 3 is 2.54 bits per heavy atom. The summed E-state index contributed by atoms with van der Waals surface area (Å²) in [6.07, 6.45) is -1.61. The van der Waals surface area contributed by atoms with Gasteiger partial charge in [0.05, 0.1) is 23.4 Å². The number of anilines is 2. The Hall–Kier alpha value is -1.59. The van der Waals surface area contributed by atoms with Crippen molar-refractivity contribution in [2.24, 2.45) is 11.7 Å². The molecule has 146 valence electrons. The number of nitrogens with one attached hydrogen (secondary N) is 2. The van der Waals surface area contributed by atoms with Gasteiger partial charge in [0.25, 0.3) is 0 Å². The number of nitrogens with two attached hydrogens (primary N) is 1. The molecule has 4 atom stereocenters. The van der Waals surface area contributed by atoms with Crippen LogP contribution in [0, 0.1) is 12.8 Å². The normalized spacial score (nSPS) is 25.5. The monoisotopic (exact) mass is 384 g/mol. The van der Waals surface area contributed by atoms with Crippen LogP contribution in [0.1, 0.15) is 17.7 Å². The van der Waals surface area contributed by atoms with Gasteiger partial charge >= 0.3 is 0 Å². The van der Waals surface area contributed by atoms with Gasteiger partial charge in [-0.25, -0.2) is 4.98 Å². The second-order valence-corrected chi connectivity index (χ2v) is 7.30. The highest BCUT2D eigenvalue weighted by molar-refractivity contribution is 7.80. The molecule has 1 aliphatic rings. The Labute approximate surface area is 158 Å². The van der Waals surface area contributed by atoms with Crippen molar-refractivity contribution in [3.63, 3.8) is 0 Å². The van der Waals surface area contributed by atoms with Gasteiger partial charge in [0.1, 0.15) is 16.9 Å². The highest BCUT2D eigenvalue weighted by atomic mass is 32.1. The molecule has 0 bridgehead atoms. The van der Waals surface area contributed by atoms with Crippen molar-refractivity contribution in [1.29, 1.82) is 0 Å². The average Bonchev–Trinajstić information content (AvgIpc) is 2.81. The van der Waals surface area contributed by atoms with E-state index in [0.717, 1.165) is 6.54 Å². The molecule has 1 saturated carbocycles. The Morgan fingerprint density at radius 1 is 1.31 bits per heavy atom. The first kappa shape index (κ1) is 20.7. The van der Waals surface area contributed by atoms with Crippen LogP contribution in [-0.4, -0.2) is 87.2 Å². The summed E-state index contributed by atoms with van der Waals surface area (Å²) in [5, 5.41) is 35.9. The summed E-state index contributed by atoms with van der Waals surface area (Å²) in [4.78, 5) is 11.0. The topological polar surface area (TPSA) is 140 Å². The maximum atomic E-state index is 10.2. The maximum absolute atomic E-state index is 10.2. The molecule has 0 saturated heterocycles. The van der Waals surface area contributed by atoms with Gasteiger partial charge < -0.3 is 36.6 Å². The summed E-state index contributed by atoms with van der Waals surface area (Å²) < 4.78 is 0. The quantitative estimate of drug-likeness (QED) is 0.306. The van der Waals surface area contributed by atoms with Crippen LogP contribution in [0.3, 0.4) is 0 Å². The van der Waals surface area contributed by atoms with Gasteiger partial charge in [-0.3, -0.25) is 0 Å². The van der Waals surface area contributed by atoms with Crippen LogP contribution in [0.15, 0.2) is 0 Å². The number of hydrogen-bond acceptors (Lipinski definition) is 9. The second-order valence-electron chi connectivity index (χ2n) is 6.86. The first-order chi connectivity index (χ1) is 12.2. The minimum absolute atomic E-state index is 0.150. The third kappa shape index (κ3) is 4.77. The fraction of sp³-hybridized carbons (Fsp3) is 0.688. The van der Waals surface area contributed by atoms with Crippen molar-refractivity contribution in [2.45, 2.75) is 31.6 Å². The summed E-state index contributed by atoms with van der Waals surface area (Å²) in [7, 11) is 3.95. The van der Waals surface area contributed by atoms with Crippen LogP contribution in [-0.2, 0) is 0 Å². The lowest BCUT2D eigenvalue weighted by Crippen LogP contribution is -2.36. The van der Waals surface area contributed by atoms with E-state index in [9.17, 15) is 15.3 Å². The molecule has 1 heterocycles. The third-order valence-electron chi connectivity index (χ3n) is 4.54. The Balaban J connectivity index is 2.24. The Kier molecular flexibility index (Phi) is 7.07. The lowest BCUT2D eigenvalue weighted by atomic mass is 10.1. The zero-order valence-electron chi connectivity index (χ0n) is 15.3. The standard InChI is InChI=1S/C16H28N6O3S/c1-8-11(14(17)26)15(21-16(19-8)18-4-5-22(2)3)20-10-6-9(7-23)12(24)13(10)25/h9-10,12-13,23-25H,4-7H2,1-3H3,(H2,17,26)(H2,18,19,20,21). The molecule has 0 radical (unpaired) electrons. The number of thiocarbonyl (C=S) groups is 1. The third-order valence-corrected chi connectivity index (χ3v) is 4.74. The van der Waals surface area contributed by atoms with Crippen molar-refractivity contribution in [1.82, 2.24) is 14.9 Å². The molecule has 0 aliphatic heterocycles. The molecule has 0 aromatic carbocycles. The van der Waals surface area contributed by atoms with E-state index in [4.69, 9.17) is 18.0 Å². The zero-order chi connectivity index (χ0) is 19.4. The first-order valence-electron chi connectivity index (χ1n) is 8.55. The minimum Gasteiger partial charge on any atom is -0.396 e. The largest absolute Gasteiger partial charge is 0.396 e. The van der Waals surface area contributed by atoms with Gasteiger partial charge in [0, 0.05) is 25.6 Å². The molecular formula is C16H28N6O3S. The van der Waals surface area contributed by atoms with E-state index in [1.165, 1.54) is 0 Å². The summed E-state index contributed by atoms with van der Waals surface area (Å²) in [5.41, 5.74) is 6.95. The van der Waals surface area contributed by atoms with E-state index in [0.29, 0.717) is 36.0 Å². The van der Waals surface area contributed by atoms with Crippen LogP contribution in [0.25, 0.3) is 0 Å². The average molecular weight is 385 g/mol. The Bertz CT molecular complexity index is 645. The van der Waals surface area contributed by atoms with Gasteiger partial charge in [-0.15, -0.1) is 0 Å². The SMILES string of the molecule is Cc1nc(NCCN(C)C)nc(NC2CC(CO)C(O)C2O)c1C(N)=S. The number of aromatic nitrogens is 2. The van der Waals surface area contributed by atoms with Gasteiger partial charge in [-0.05, 0) is 27.4 Å². The summed E-state index contributed by atoms with van der Waals surface area (Å²) in [6, 6.07) is -0.473. The lowest BCUT2D eigenvalue weighted by molar-refractivity contribution is 0.00445. The fourth-order valence-electron chi connectivity index (χ4n) is 3.07. The van der Waals surface area contributed by atoms with Crippen LogP contribution < -0.4 is 16.4 Å². The number of aliphatic hydroxyl groups is 3. The van der Waals surface area contributed by atoms with Crippen LogP contribution >= 0.6 is 12.2 Å². The molecular weight excluding hydrogens is 356 g/mol. The number of aliphatic hydroxyl groups excluding tert-OH is 3. The summed E-state index contributed by atoms with van der Waals surface area (Å²) in [6.45, 7) is 3.07. The van der Waals surface area contributed by atoms with Gasteiger partial charge in [0.2, 0.25) is 5.95 Å². The molecule has 26 heavy (non-hydrogen) atoms. The number of likely N-dealkylation sites (N-methyl/N-ethyl adjacent to an activating group) is 1. The van der Waals surface area contributed by atoms with Crippen molar-refractivity contribution < 1.29 is 15.3 Å². The number of nitrogens with zero attached hydrogens (tertiary/aromatic N) is 3. The summed E-state index contributed by atoms with van der Waals surface area (Å²) in [5.74, 6) is 0.446. The van der Waals surface area contributed by atoms with E-state index >= 15 is 0 Å². The maximum Gasteiger partial charge on any atom is 0.224 e. The van der Waals surface area contributed by atoms with E-state index in [2.05, 4.69) is 20.6 Å². The van der Waals surface area contributed by atoms with Gasteiger partial charge in [-0.2, -0.15) is 4.98 Å². The number of aryl methyl sites for hydroxylation is 1. The zero-order valence-corrected chi connectivity index (χ0v) is 16.1. The molecule has 1 aliphatic carbocycles. The predicted molar refractivity (Wildman–Crippen MR) is 104 cm³/mol. The van der Waals surface area contributed by atoms with Crippen LogP contribution in [0.5, 0.6) is 0 Å². The fourth-order valence-corrected chi connectivity index (χ4v) is 3.31. The smallest absolute Gasteiger partial charge is 0.224 e.